The van der Waals surface area contributed by atoms with E-state index >= 15 is 0 Å². The maximum absolute atomic E-state index is 11.0. The molecule has 0 radical (unpaired) electrons. The van der Waals surface area contributed by atoms with Gasteiger partial charge in [0, 0.05) is 176 Å². The first-order valence-corrected chi connectivity index (χ1v) is 28.5. The molecule has 0 aliphatic carbocycles. The van der Waals surface area contributed by atoms with Gasteiger partial charge in [0.25, 0.3) is 11.4 Å². The lowest BCUT2D eigenvalue weighted by atomic mass is 9.98. The highest BCUT2D eigenvalue weighted by Gasteiger charge is 2.18. The van der Waals surface area contributed by atoms with Crippen molar-refractivity contribution in [1.29, 1.82) is 10.8 Å². The van der Waals surface area contributed by atoms with E-state index in [-0.39, 0.29) is 28.7 Å². The number of fused-ring (bicyclic) bond motifs is 4. The number of benzene rings is 5. The number of rotatable bonds is 13. The molecular weight excluding hydrogens is 1110 g/mol. The molecule has 1 aliphatic rings. The first-order chi connectivity index (χ1) is 40.6. The minimum atomic E-state index is -0.396. The number of aromatic nitrogens is 6. The number of nitrogens with one attached hydrogen (secondary N) is 6. The SMILES string of the molecule is Cl.N=C(Cc1ccc2[nH]cc(-c3ccncc3)c2c1)c1cccs1.N=C(Cc1ccc2[nH]cc(-c3ccncc3)c2c1)c1cccs1.O=[N+]([O-])c1ccc2[nH]cc(C3=CCN(Cc4ccccc4)CC3)c2c1.O=[N+]([O-])c1ccc2[nH]ccc2c1. The Bertz CT molecular complexity index is 4240. The number of H-pyrrole nitrogens is 4. The number of pyridine rings is 2. The number of hydrogen-bond acceptors (Lipinski definition) is 11. The van der Waals surface area contributed by atoms with Crippen LogP contribution in [-0.2, 0) is 19.4 Å². The largest absolute Gasteiger partial charge is 0.361 e. The molecule has 6 N–H and O–H groups in total. The first kappa shape index (κ1) is 57.3. The van der Waals surface area contributed by atoms with Crippen LogP contribution in [0.25, 0.3) is 71.4 Å². The van der Waals surface area contributed by atoms with Gasteiger partial charge in [-0.3, -0.25) is 35.1 Å². The number of nitrogens with zero attached hydrogens (tertiary/aromatic N) is 5. The summed E-state index contributed by atoms with van der Waals surface area (Å²) in [6.07, 6.45) is 19.5. The summed E-state index contributed by atoms with van der Waals surface area (Å²) >= 11 is 3.24. The lowest BCUT2D eigenvalue weighted by Gasteiger charge is -2.26. The molecule has 8 aromatic heterocycles. The van der Waals surface area contributed by atoms with Crippen molar-refractivity contribution in [3.8, 4) is 22.3 Å². The smallest absolute Gasteiger partial charge is 0.270 e. The van der Waals surface area contributed by atoms with E-state index in [1.54, 1.807) is 59.2 Å². The van der Waals surface area contributed by atoms with Crippen molar-refractivity contribution in [3.63, 3.8) is 0 Å². The molecule has 0 fully saturated rings. The number of nitro groups is 2. The Labute approximate surface area is 497 Å². The normalized spacial score (nSPS) is 12.0. The van der Waals surface area contributed by atoms with Crippen molar-refractivity contribution in [2.75, 3.05) is 13.1 Å². The van der Waals surface area contributed by atoms with E-state index in [0.717, 1.165) is 96.5 Å². The Morgan fingerprint density at radius 2 is 1.04 bits per heavy atom. The van der Waals surface area contributed by atoms with Gasteiger partial charge in [-0.15, -0.1) is 35.1 Å². The van der Waals surface area contributed by atoms with Crippen LogP contribution in [0.3, 0.4) is 0 Å². The van der Waals surface area contributed by atoms with Gasteiger partial charge in [0.05, 0.1) is 21.3 Å². The third-order valence-electron chi connectivity index (χ3n) is 14.4. The molecule has 0 unspecified atom stereocenters. The highest BCUT2D eigenvalue weighted by molar-refractivity contribution is 7.12. The summed E-state index contributed by atoms with van der Waals surface area (Å²) in [6, 6.07) is 50.8. The molecule has 5 aromatic carbocycles. The molecule has 0 saturated carbocycles. The maximum atomic E-state index is 11.0. The van der Waals surface area contributed by atoms with E-state index in [2.05, 4.69) is 102 Å². The van der Waals surface area contributed by atoms with E-state index in [4.69, 9.17) is 10.8 Å². The van der Waals surface area contributed by atoms with Crippen LogP contribution in [0.2, 0.25) is 0 Å². The molecule has 418 valence electrons. The van der Waals surface area contributed by atoms with Crippen LogP contribution in [0.1, 0.15) is 38.4 Å². The van der Waals surface area contributed by atoms with Crippen molar-refractivity contribution in [2.24, 2.45) is 0 Å². The summed E-state index contributed by atoms with van der Waals surface area (Å²) in [6.45, 7) is 2.83. The molecule has 18 heteroatoms. The van der Waals surface area contributed by atoms with Crippen LogP contribution >= 0.6 is 35.1 Å². The van der Waals surface area contributed by atoms with Gasteiger partial charge in [-0.05, 0) is 129 Å². The molecule has 84 heavy (non-hydrogen) atoms. The zero-order valence-electron chi connectivity index (χ0n) is 45.2. The predicted octanol–water partition coefficient (Wildman–Crippen LogP) is 16.7. The fourth-order valence-electron chi connectivity index (χ4n) is 10.2. The first-order valence-electron chi connectivity index (χ1n) is 26.8. The minimum Gasteiger partial charge on any atom is -0.361 e. The molecule has 0 saturated heterocycles. The standard InChI is InChI=1S/C20H19N3O2.2C19H15N3S.C8H6N2O2.ClH/c24-23(25)17-6-7-20-18(12-17)19(13-21-20)16-8-10-22(11-9-16)14-15-4-2-1-3-5-15;2*20-17(19-2-1-9-23-19)11-13-3-4-18-15(10-13)16(12-22-18)14-5-7-21-8-6-14;11-10(12)7-1-2-8-6(5-7)3-4-9-8;/h1-8,12-13,21H,9-11,14H2;2*1-10,12,20,22H,11H2;1-5,9H;1H. The molecule has 14 rings (SSSR count). The van der Waals surface area contributed by atoms with Gasteiger partial charge in [-0.2, -0.15) is 0 Å². The molecule has 0 atom stereocenters. The van der Waals surface area contributed by atoms with Crippen LogP contribution in [0.5, 0.6) is 0 Å². The third-order valence-corrected chi connectivity index (χ3v) is 16.2. The lowest BCUT2D eigenvalue weighted by molar-refractivity contribution is -0.384. The quantitative estimate of drug-likeness (QED) is 0.0371. The Morgan fingerprint density at radius 3 is 1.54 bits per heavy atom. The third kappa shape index (κ3) is 13.7. The van der Waals surface area contributed by atoms with Crippen molar-refractivity contribution in [3.05, 3.63) is 276 Å². The Kier molecular flexibility index (Phi) is 18.3. The summed E-state index contributed by atoms with van der Waals surface area (Å²) in [5, 5.41) is 46.1. The van der Waals surface area contributed by atoms with E-state index < -0.39 is 4.92 Å². The average molecular weight is 1170 g/mol. The number of hydrogen-bond donors (Lipinski definition) is 6. The van der Waals surface area contributed by atoms with Crippen LogP contribution in [0.15, 0.2) is 224 Å². The number of halogens is 1. The topological polar surface area (TPSA) is 226 Å². The molecule has 0 amide bonds. The Hall–Kier alpha value is -9.91. The highest BCUT2D eigenvalue weighted by atomic mass is 35.5. The van der Waals surface area contributed by atoms with Gasteiger partial charge in [0.2, 0.25) is 0 Å². The average Bonchev–Trinajstić information content (AvgIpc) is 4.61. The molecule has 1 aliphatic heterocycles. The second-order valence-corrected chi connectivity index (χ2v) is 21.7. The molecule has 15 nitrogen and oxygen atoms in total. The maximum Gasteiger partial charge on any atom is 0.270 e. The summed E-state index contributed by atoms with van der Waals surface area (Å²) in [5.41, 5.74) is 16.3. The van der Waals surface area contributed by atoms with Gasteiger partial charge in [-0.1, -0.05) is 60.7 Å². The number of non-ortho nitro benzene ring substituents is 2. The molecule has 13 aromatic rings. The zero-order chi connectivity index (χ0) is 57.1. The second kappa shape index (κ2) is 26.8. The number of aromatic amines is 4. The van der Waals surface area contributed by atoms with Gasteiger partial charge >= 0.3 is 0 Å². The van der Waals surface area contributed by atoms with Crippen molar-refractivity contribution >= 4 is 107 Å². The lowest BCUT2D eigenvalue weighted by Crippen LogP contribution is -2.27. The molecule has 0 spiro atoms. The van der Waals surface area contributed by atoms with Crippen LogP contribution in [0.4, 0.5) is 11.4 Å². The highest BCUT2D eigenvalue weighted by Crippen LogP contribution is 2.34. The van der Waals surface area contributed by atoms with Crippen molar-refractivity contribution in [2.45, 2.75) is 25.8 Å². The summed E-state index contributed by atoms with van der Waals surface area (Å²) in [4.78, 5) is 46.2. The van der Waals surface area contributed by atoms with Crippen LogP contribution < -0.4 is 0 Å². The van der Waals surface area contributed by atoms with Crippen molar-refractivity contribution in [1.82, 2.24) is 34.8 Å². The number of thiophene rings is 2. The molecular formula is C66H56ClN11O4S2. The minimum absolute atomic E-state index is 0. The summed E-state index contributed by atoms with van der Waals surface area (Å²) in [7, 11) is 0. The van der Waals surface area contributed by atoms with E-state index in [1.807, 2.05) is 115 Å². The van der Waals surface area contributed by atoms with Crippen LogP contribution in [-0.4, -0.2) is 69.2 Å². The van der Waals surface area contributed by atoms with E-state index in [1.165, 1.54) is 39.1 Å². The van der Waals surface area contributed by atoms with Gasteiger partial charge in [-0.25, -0.2) is 0 Å². The Balaban J connectivity index is 0.000000127. The van der Waals surface area contributed by atoms with Gasteiger partial charge in [0.1, 0.15) is 0 Å². The summed E-state index contributed by atoms with van der Waals surface area (Å²) in [5.74, 6) is 0. The Morgan fingerprint density at radius 1 is 0.536 bits per heavy atom. The summed E-state index contributed by atoms with van der Waals surface area (Å²) < 4.78 is 0. The van der Waals surface area contributed by atoms with Crippen molar-refractivity contribution < 1.29 is 9.85 Å². The zero-order valence-corrected chi connectivity index (χ0v) is 47.6. The fourth-order valence-corrected chi connectivity index (χ4v) is 11.5. The second-order valence-electron chi connectivity index (χ2n) is 19.8. The van der Waals surface area contributed by atoms with E-state index in [0.29, 0.717) is 24.3 Å². The van der Waals surface area contributed by atoms with Gasteiger partial charge in [0.15, 0.2) is 0 Å². The fraction of sp³-hybridized carbons (Fsp3) is 0.0909. The molecule has 0 bridgehead atoms. The van der Waals surface area contributed by atoms with E-state index in [9.17, 15) is 20.2 Å². The molecule has 9 heterocycles. The van der Waals surface area contributed by atoms with Crippen LogP contribution in [0, 0.1) is 31.0 Å². The van der Waals surface area contributed by atoms with Gasteiger partial charge < -0.3 is 30.8 Å². The predicted molar refractivity (Wildman–Crippen MR) is 344 cm³/mol. The monoisotopic (exact) mass is 1170 g/mol. The number of nitro benzene ring substituents is 2.